The van der Waals surface area contributed by atoms with Crippen molar-refractivity contribution in [3.05, 3.63) is 79.0 Å². The second-order valence-corrected chi connectivity index (χ2v) is 10.7. The van der Waals surface area contributed by atoms with E-state index in [1.807, 2.05) is 31.2 Å². The molecule has 0 unspecified atom stereocenters. The van der Waals surface area contributed by atoms with Crippen LogP contribution in [-0.4, -0.2) is 32.8 Å². The predicted molar refractivity (Wildman–Crippen MR) is 141 cm³/mol. The molecule has 4 aromatic rings. The van der Waals surface area contributed by atoms with E-state index < -0.39 is 0 Å². The number of fused-ring (bicyclic) bond motifs is 1. The Morgan fingerprint density at radius 2 is 2.06 bits per heavy atom. The van der Waals surface area contributed by atoms with Crippen molar-refractivity contribution >= 4 is 33.2 Å². The predicted octanol–water partition coefficient (Wildman–Crippen LogP) is 4.35. The van der Waals surface area contributed by atoms with E-state index in [0.717, 1.165) is 56.9 Å². The van der Waals surface area contributed by atoms with Gasteiger partial charge in [-0.2, -0.15) is 0 Å². The SMILES string of the molecule is Cc1cc(Cl)cc(-c2ccnc3cc(Cn4c(=O)ccn(C)c4=O)sc23)c1O[C@@H]1CCN[C@@H](C)C1. The van der Waals surface area contributed by atoms with Crippen molar-refractivity contribution in [2.75, 3.05) is 6.54 Å². The Kier molecular flexibility index (Phi) is 6.53. The molecule has 0 spiro atoms. The number of hydrogen-bond acceptors (Lipinski definition) is 6. The van der Waals surface area contributed by atoms with Crippen LogP contribution in [0.3, 0.4) is 0 Å². The molecule has 1 aliphatic rings. The Hall–Kier alpha value is -2.94. The van der Waals surface area contributed by atoms with Gasteiger partial charge in [-0.3, -0.25) is 14.3 Å². The molecule has 9 heteroatoms. The molecule has 0 bridgehead atoms. The number of nitrogens with zero attached hydrogens (tertiary/aromatic N) is 3. The van der Waals surface area contributed by atoms with Crippen LogP contribution in [0.1, 0.15) is 30.2 Å². The molecule has 4 heterocycles. The average molecular weight is 511 g/mol. The van der Waals surface area contributed by atoms with Crippen molar-refractivity contribution in [3.8, 4) is 16.9 Å². The molecule has 1 saturated heterocycles. The number of ether oxygens (including phenoxy) is 1. The third-order valence-corrected chi connectivity index (χ3v) is 7.77. The molecule has 0 aliphatic carbocycles. The summed E-state index contributed by atoms with van der Waals surface area (Å²) in [5.41, 5.74) is 3.02. The topological polar surface area (TPSA) is 78.2 Å². The number of thiophene rings is 1. The number of benzene rings is 1. The molecule has 182 valence electrons. The standard InChI is InChI=1S/C26H27ClN4O3S/c1-15-10-17(27)12-21(24(15)34-18-4-7-28-16(2)11-18)20-5-8-29-22-13-19(35-25(20)22)14-31-23(32)6-9-30(3)26(31)33/h5-6,8-10,12-13,16,18,28H,4,7,11,14H2,1-3H3/t16-,18+/m0/s1. The van der Waals surface area contributed by atoms with Gasteiger partial charge in [0.25, 0.3) is 5.56 Å². The lowest BCUT2D eigenvalue weighted by Gasteiger charge is -2.30. The molecule has 1 N–H and O–H groups in total. The molecule has 2 atom stereocenters. The highest BCUT2D eigenvalue weighted by Crippen LogP contribution is 2.42. The number of pyridine rings is 1. The van der Waals surface area contributed by atoms with Crippen molar-refractivity contribution in [1.29, 1.82) is 0 Å². The molecule has 1 fully saturated rings. The summed E-state index contributed by atoms with van der Waals surface area (Å²) >= 11 is 8.02. The number of hydrogen-bond donors (Lipinski definition) is 1. The minimum Gasteiger partial charge on any atom is -0.489 e. The van der Waals surface area contributed by atoms with Crippen molar-refractivity contribution < 1.29 is 4.74 Å². The van der Waals surface area contributed by atoms with Crippen LogP contribution in [0.5, 0.6) is 5.75 Å². The molecule has 35 heavy (non-hydrogen) atoms. The summed E-state index contributed by atoms with van der Waals surface area (Å²) in [6.45, 7) is 5.32. The minimum absolute atomic E-state index is 0.127. The maximum absolute atomic E-state index is 12.5. The van der Waals surface area contributed by atoms with Gasteiger partial charge in [0, 0.05) is 52.6 Å². The van der Waals surface area contributed by atoms with E-state index in [4.69, 9.17) is 16.3 Å². The molecule has 7 nitrogen and oxygen atoms in total. The van der Waals surface area contributed by atoms with E-state index in [9.17, 15) is 9.59 Å². The van der Waals surface area contributed by atoms with Crippen LogP contribution in [0.4, 0.5) is 0 Å². The first-order valence-corrected chi connectivity index (χ1v) is 12.8. The Labute approximate surface area is 212 Å². The maximum atomic E-state index is 12.5. The highest BCUT2D eigenvalue weighted by atomic mass is 35.5. The summed E-state index contributed by atoms with van der Waals surface area (Å²) < 4.78 is 10.2. The normalized spacial score (nSPS) is 18.2. The molecule has 1 aliphatic heterocycles. The van der Waals surface area contributed by atoms with E-state index in [2.05, 4.69) is 17.2 Å². The zero-order valence-corrected chi connectivity index (χ0v) is 21.4. The number of halogens is 1. The summed E-state index contributed by atoms with van der Waals surface area (Å²) in [6.07, 6.45) is 5.27. The summed E-state index contributed by atoms with van der Waals surface area (Å²) in [5, 5.41) is 4.11. The Bertz CT molecular complexity index is 1520. The van der Waals surface area contributed by atoms with E-state index in [1.54, 1.807) is 13.2 Å². The van der Waals surface area contributed by atoms with Gasteiger partial charge in [0.15, 0.2) is 0 Å². The Morgan fingerprint density at radius 1 is 1.23 bits per heavy atom. The molecule has 5 rings (SSSR count). The lowest BCUT2D eigenvalue weighted by atomic mass is 10.00. The van der Waals surface area contributed by atoms with Gasteiger partial charge in [-0.1, -0.05) is 11.6 Å². The molecule has 1 aromatic carbocycles. The zero-order chi connectivity index (χ0) is 24.7. The van der Waals surface area contributed by atoms with Crippen LogP contribution >= 0.6 is 22.9 Å². The summed E-state index contributed by atoms with van der Waals surface area (Å²) in [7, 11) is 1.63. The molecular formula is C26H27ClN4O3S. The van der Waals surface area contributed by atoms with Crippen LogP contribution in [0, 0.1) is 6.92 Å². The number of aryl methyl sites for hydroxylation is 2. The van der Waals surface area contributed by atoms with E-state index in [1.165, 1.54) is 32.7 Å². The maximum Gasteiger partial charge on any atom is 0.331 e. The Morgan fingerprint density at radius 3 is 2.86 bits per heavy atom. The van der Waals surface area contributed by atoms with Crippen LogP contribution in [-0.2, 0) is 13.6 Å². The average Bonchev–Trinajstić information content (AvgIpc) is 3.24. The number of piperidine rings is 1. The van der Waals surface area contributed by atoms with Gasteiger partial charge in [0.05, 0.1) is 16.8 Å². The third kappa shape index (κ3) is 4.78. The second-order valence-electron chi connectivity index (χ2n) is 9.14. The van der Waals surface area contributed by atoms with Gasteiger partial charge in [0.1, 0.15) is 11.9 Å². The van der Waals surface area contributed by atoms with Crippen LogP contribution < -0.4 is 21.3 Å². The fraction of sp³-hybridized carbons (Fsp3) is 0.346. The summed E-state index contributed by atoms with van der Waals surface area (Å²) in [5.74, 6) is 0.837. The molecule has 0 saturated carbocycles. The number of aromatic nitrogens is 3. The summed E-state index contributed by atoms with van der Waals surface area (Å²) in [6, 6.07) is 9.60. The van der Waals surface area contributed by atoms with Crippen molar-refractivity contribution in [3.63, 3.8) is 0 Å². The molecular weight excluding hydrogens is 484 g/mol. The monoisotopic (exact) mass is 510 g/mol. The molecule has 0 radical (unpaired) electrons. The Balaban J connectivity index is 1.58. The first-order valence-electron chi connectivity index (χ1n) is 11.6. The quantitative estimate of drug-likeness (QED) is 0.432. The minimum atomic E-state index is -0.347. The van der Waals surface area contributed by atoms with Gasteiger partial charge in [0.2, 0.25) is 0 Å². The van der Waals surface area contributed by atoms with Crippen LogP contribution in [0.15, 0.2) is 52.3 Å². The van der Waals surface area contributed by atoms with Crippen molar-refractivity contribution in [1.82, 2.24) is 19.4 Å². The first kappa shape index (κ1) is 23.8. The third-order valence-electron chi connectivity index (χ3n) is 6.41. The van der Waals surface area contributed by atoms with E-state index >= 15 is 0 Å². The lowest BCUT2D eigenvalue weighted by Crippen LogP contribution is -2.40. The van der Waals surface area contributed by atoms with Gasteiger partial charge < -0.3 is 14.6 Å². The van der Waals surface area contributed by atoms with E-state index in [-0.39, 0.29) is 23.9 Å². The highest BCUT2D eigenvalue weighted by molar-refractivity contribution is 7.19. The van der Waals surface area contributed by atoms with Gasteiger partial charge in [-0.05, 0) is 63.1 Å². The van der Waals surface area contributed by atoms with E-state index in [0.29, 0.717) is 11.1 Å². The number of nitrogens with one attached hydrogen (secondary N) is 1. The number of rotatable bonds is 5. The van der Waals surface area contributed by atoms with Crippen LogP contribution in [0.2, 0.25) is 5.02 Å². The first-order chi connectivity index (χ1) is 16.8. The summed E-state index contributed by atoms with van der Waals surface area (Å²) in [4.78, 5) is 30.3. The fourth-order valence-electron chi connectivity index (χ4n) is 4.64. The van der Waals surface area contributed by atoms with Gasteiger partial charge in [-0.25, -0.2) is 4.79 Å². The lowest BCUT2D eigenvalue weighted by molar-refractivity contribution is 0.144. The molecule has 0 amide bonds. The molecule has 3 aromatic heterocycles. The zero-order valence-electron chi connectivity index (χ0n) is 19.9. The van der Waals surface area contributed by atoms with Crippen molar-refractivity contribution in [2.45, 2.75) is 45.4 Å². The fourth-order valence-corrected chi connectivity index (χ4v) is 6.04. The van der Waals surface area contributed by atoms with Crippen LogP contribution in [0.25, 0.3) is 21.3 Å². The highest BCUT2D eigenvalue weighted by Gasteiger charge is 2.23. The van der Waals surface area contributed by atoms with Gasteiger partial charge in [-0.15, -0.1) is 11.3 Å². The van der Waals surface area contributed by atoms with Gasteiger partial charge >= 0.3 is 5.69 Å². The largest absolute Gasteiger partial charge is 0.489 e. The smallest absolute Gasteiger partial charge is 0.331 e. The second kappa shape index (κ2) is 9.60. The van der Waals surface area contributed by atoms with Crippen molar-refractivity contribution in [2.24, 2.45) is 7.05 Å².